The lowest BCUT2D eigenvalue weighted by Gasteiger charge is -2.19. The number of methoxy groups -OCH3 is 1. The SMILES string of the molecule is CO[C@@H]1CN(C(=O)c2cn(C(C)(C)C)nc2C)C[C@H]1c1cn(C)nn1. The molecule has 1 saturated heterocycles. The van der Waals surface area contributed by atoms with Gasteiger partial charge in [-0.3, -0.25) is 14.2 Å². The fourth-order valence-electron chi connectivity index (χ4n) is 3.18. The Morgan fingerprint density at radius 1 is 1.28 bits per heavy atom. The minimum absolute atomic E-state index is 0.0126. The van der Waals surface area contributed by atoms with Crippen molar-refractivity contribution in [3.05, 3.63) is 29.3 Å². The molecule has 8 nitrogen and oxygen atoms in total. The molecule has 0 saturated carbocycles. The number of rotatable bonds is 3. The van der Waals surface area contributed by atoms with E-state index in [1.54, 1.807) is 11.8 Å². The number of aryl methyl sites for hydroxylation is 2. The molecule has 1 aliphatic rings. The van der Waals surface area contributed by atoms with E-state index in [9.17, 15) is 4.79 Å². The van der Waals surface area contributed by atoms with Gasteiger partial charge in [0.15, 0.2) is 0 Å². The van der Waals surface area contributed by atoms with Crippen LogP contribution in [-0.4, -0.2) is 61.9 Å². The molecule has 0 radical (unpaired) electrons. The van der Waals surface area contributed by atoms with Gasteiger partial charge in [0.1, 0.15) is 0 Å². The normalized spacial score (nSPS) is 21.1. The first-order valence-electron chi connectivity index (χ1n) is 8.45. The lowest BCUT2D eigenvalue weighted by molar-refractivity contribution is 0.0713. The van der Waals surface area contributed by atoms with Crippen LogP contribution in [0.4, 0.5) is 0 Å². The predicted octanol–water partition coefficient (Wildman–Crippen LogP) is 1.33. The summed E-state index contributed by atoms with van der Waals surface area (Å²) in [6, 6.07) is 0. The fourth-order valence-corrected chi connectivity index (χ4v) is 3.18. The minimum atomic E-state index is -0.161. The molecule has 3 rings (SSSR count). The van der Waals surface area contributed by atoms with E-state index in [4.69, 9.17) is 4.74 Å². The number of likely N-dealkylation sites (tertiary alicyclic amines) is 1. The highest BCUT2D eigenvalue weighted by Gasteiger charge is 2.39. The molecule has 25 heavy (non-hydrogen) atoms. The topological polar surface area (TPSA) is 78.1 Å². The van der Waals surface area contributed by atoms with Crippen LogP contribution in [-0.2, 0) is 17.3 Å². The Balaban J connectivity index is 1.83. The van der Waals surface area contributed by atoms with Crippen LogP contribution in [0.3, 0.4) is 0 Å². The standard InChI is InChI=1S/C17H26N6O2/c1-11-12(8-23(19-11)17(2,3)4)16(24)22-7-13(15(10-22)25-6)14-9-21(5)20-18-14/h8-9,13,15H,7,10H2,1-6H3/t13-,15+/m0/s1. The lowest BCUT2D eigenvalue weighted by atomic mass is 10.0. The first kappa shape index (κ1) is 17.6. The van der Waals surface area contributed by atoms with Crippen molar-refractivity contribution >= 4 is 5.91 Å². The Labute approximate surface area is 147 Å². The Morgan fingerprint density at radius 2 is 2.00 bits per heavy atom. The average Bonchev–Trinajstić information content (AvgIpc) is 3.23. The van der Waals surface area contributed by atoms with Crippen molar-refractivity contribution < 1.29 is 9.53 Å². The van der Waals surface area contributed by atoms with E-state index in [0.29, 0.717) is 18.7 Å². The summed E-state index contributed by atoms with van der Waals surface area (Å²) in [4.78, 5) is 14.9. The third-order valence-electron chi connectivity index (χ3n) is 4.67. The molecular formula is C17H26N6O2. The molecule has 0 aromatic carbocycles. The smallest absolute Gasteiger partial charge is 0.257 e. The second-order valence-corrected chi connectivity index (χ2v) is 7.65. The van der Waals surface area contributed by atoms with E-state index in [0.717, 1.165) is 11.4 Å². The Morgan fingerprint density at radius 3 is 2.52 bits per heavy atom. The lowest BCUT2D eigenvalue weighted by Crippen LogP contribution is -2.30. The zero-order valence-electron chi connectivity index (χ0n) is 15.7. The first-order chi connectivity index (χ1) is 11.7. The molecule has 2 aromatic rings. The molecule has 1 fully saturated rings. The van der Waals surface area contributed by atoms with Gasteiger partial charge in [0.05, 0.1) is 34.5 Å². The van der Waals surface area contributed by atoms with Crippen LogP contribution in [0.15, 0.2) is 12.4 Å². The van der Waals surface area contributed by atoms with Gasteiger partial charge >= 0.3 is 0 Å². The number of carbonyl (C=O) groups is 1. The molecule has 0 aliphatic carbocycles. The van der Waals surface area contributed by atoms with E-state index in [1.807, 2.05) is 35.9 Å². The first-order valence-corrected chi connectivity index (χ1v) is 8.45. The molecule has 0 unspecified atom stereocenters. The maximum atomic E-state index is 13.0. The molecule has 0 spiro atoms. The Hall–Kier alpha value is -2.22. The number of carbonyl (C=O) groups excluding carboxylic acids is 1. The molecule has 3 heterocycles. The third kappa shape index (κ3) is 3.30. The number of hydrogen-bond acceptors (Lipinski definition) is 5. The highest BCUT2D eigenvalue weighted by atomic mass is 16.5. The molecule has 1 aliphatic heterocycles. The van der Waals surface area contributed by atoms with Crippen molar-refractivity contribution in [3.8, 4) is 0 Å². The molecule has 0 N–H and O–H groups in total. The minimum Gasteiger partial charge on any atom is -0.379 e. The third-order valence-corrected chi connectivity index (χ3v) is 4.67. The number of hydrogen-bond donors (Lipinski definition) is 0. The quantitative estimate of drug-likeness (QED) is 0.838. The number of ether oxygens (including phenoxy) is 1. The predicted molar refractivity (Wildman–Crippen MR) is 92.4 cm³/mol. The fraction of sp³-hybridized carbons (Fsp3) is 0.647. The zero-order chi connectivity index (χ0) is 18.4. The van der Waals surface area contributed by atoms with Crippen LogP contribution < -0.4 is 0 Å². The highest BCUT2D eigenvalue weighted by molar-refractivity contribution is 5.95. The van der Waals surface area contributed by atoms with Crippen molar-refractivity contribution in [1.29, 1.82) is 0 Å². The van der Waals surface area contributed by atoms with Crippen molar-refractivity contribution in [2.24, 2.45) is 7.05 Å². The summed E-state index contributed by atoms with van der Waals surface area (Å²) in [6.45, 7) is 9.17. The second kappa shape index (κ2) is 6.25. The van der Waals surface area contributed by atoms with Gasteiger partial charge in [-0.2, -0.15) is 5.10 Å². The van der Waals surface area contributed by atoms with Gasteiger partial charge in [-0.25, -0.2) is 0 Å². The van der Waals surface area contributed by atoms with Gasteiger partial charge in [0.25, 0.3) is 5.91 Å². The van der Waals surface area contributed by atoms with E-state index >= 15 is 0 Å². The van der Waals surface area contributed by atoms with Crippen LogP contribution in [0.5, 0.6) is 0 Å². The van der Waals surface area contributed by atoms with Crippen LogP contribution in [0.25, 0.3) is 0 Å². The summed E-state index contributed by atoms with van der Waals surface area (Å²) in [7, 11) is 3.51. The number of amides is 1. The summed E-state index contributed by atoms with van der Waals surface area (Å²) in [5.41, 5.74) is 2.08. The van der Waals surface area contributed by atoms with Gasteiger partial charge in [0.2, 0.25) is 0 Å². The molecule has 2 atom stereocenters. The average molecular weight is 346 g/mol. The number of nitrogens with zero attached hydrogens (tertiary/aromatic N) is 6. The monoisotopic (exact) mass is 346 g/mol. The van der Waals surface area contributed by atoms with Crippen LogP contribution in [0, 0.1) is 6.92 Å². The van der Waals surface area contributed by atoms with Gasteiger partial charge in [-0.15, -0.1) is 5.10 Å². The second-order valence-electron chi connectivity index (χ2n) is 7.65. The Kier molecular flexibility index (Phi) is 4.40. The van der Waals surface area contributed by atoms with Crippen molar-refractivity contribution in [2.45, 2.75) is 45.3 Å². The Bertz CT molecular complexity index is 772. The van der Waals surface area contributed by atoms with E-state index in [-0.39, 0.29) is 23.5 Å². The maximum absolute atomic E-state index is 13.0. The van der Waals surface area contributed by atoms with Crippen LogP contribution >= 0.6 is 0 Å². The van der Waals surface area contributed by atoms with Gasteiger partial charge in [0, 0.05) is 39.6 Å². The summed E-state index contributed by atoms with van der Waals surface area (Å²) in [5.74, 6) is 0.0158. The van der Waals surface area contributed by atoms with Crippen LogP contribution in [0.2, 0.25) is 0 Å². The van der Waals surface area contributed by atoms with Gasteiger partial charge in [-0.1, -0.05) is 5.21 Å². The van der Waals surface area contributed by atoms with Crippen LogP contribution in [0.1, 0.15) is 48.4 Å². The van der Waals surface area contributed by atoms with Crippen molar-refractivity contribution in [3.63, 3.8) is 0 Å². The molecule has 8 heteroatoms. The summed E-state index contributed by atoms with van der Waals surface area (Å²) in [5, 5.41) is 12.7. The number of aromatic nitrogens is 5. The summed E-state index contributed by atoms with van der Waals surface area (Å²) < 4.78 is 9.12. The van der Waals surface area contributed by atoms with E-state index in [2.05, 4.69) is 36.2 Å². The van der Waals surface area contributed by atoms with Gasteiger partial charge < -0.3 is 9.64 Å². The molecule has 0 bridgehead atoms. The molecule has 2 aromatic heterocycles. The highest BCUT2D eigenvalue weighted by Crippen LogP contribution is 2.29. The zero-order valence-corrected chi connectivity index (χ0v) is 15.7. The van der Waals surface area contributed by atoms with E-state index < -0.39 is 0 Å². The largest absolute Gasteiger partial charge is 0.379 e. The summed E-state index contributed by atoms with van der Waals surface area (Å²) in [6.07, 6.45) is 3.64. The van der Waals surface area contributed by atoms with Crippen molar-refractivity contribution in [2.75, 3.05) is 20.2 Å². The van der Waals surface area contributed by atoms with E-state index in [1.165, 1.54) is 0 Å². The molecule has 136 valence electrons. The molecular weight excluding hydrogens is 320 g/mol. The maximum Gasteiger partial charge on any atom is 0.257 e. The van der Waals surface area contributed by atoms with Gasteiger partial charge in [-0.05, 0) is 27.7 Å². The summed E-state index contributed by atoms with van der Waals surface area (Å²) >= 11 is 0. The molecule has 1 amide bonds. The van der Waals surface area contributed by atoms with Crippen molar-refractivity contribution in [1.82, 2.24) is 29.7 Å².